The third-order valence-electron chi connectivity index (χ3n) is 8.55. The van der Waals surface area contributed by atoms with Crippen LogP contribution in [-0.2, 0) is 9.59 Å². The number of methoxy groups -OCH3 is 2. The molecule has 0 atom stereocenters. The van der Waals surface area contributed by atoms with Gasteiger partial charge >= 0.3 is 0 Å². The number of carbonyl (C=O) groups excluding carboxylic acids is 2. The Morgan fingerprint density at radius 2 is 0.959 bits per heavy atom. The molecule has 49 heavy (non-hydrogen) atoms. The number of carbonyl (C=O) groups is 2. The largest absolute Gasteiger partial charge is 0.495 e. The van der Waals surface area contributed by atoms with E-state index in [0.717, 1.165) is 38.9 Å². The zero-order valence-electron chi connectivity index (χ0n) is 26.9. The van der Waals surface area contributed by atoms with Crippen LogP contribution in [0.25, 0.3) is 12.2 Å². The third-order valence-corrected chi connectivity index (χ3v) is 8.55. The second-order valence-corrected chi connectivity index (χ2v) is 11.5. The van der Waals surface area contributed by atoms with Crippen molar-refractivity contribution < 1.29 is 19.1 Å². The van der Waals surface area contributed by atoms with E-state index in [9.17, 15) is 9.59 Å². The number of ketones is 2. The van der Waals surface area contributed by atoms with Gasteiger partial charge in [-0.05, 0) is 64.2 Å². The van der Waals surface area contributed by atoms with E-state index in [2.05, 4.69) is 33.2 Å². The average Bonchev–Trinajstić information content (AvgIpc) is 3.15. The Morgan fingerprint density at radius 1 is 0.510 bits per heavy atom. The predicted octanol–water partition coefficient (Wildman–Crippen LogP) is 7.71. The standard InChI is InChI=1S/C41H32N4O4/c1-48-37-24-29(16-20-33(37)42-44-40-31-14-8-6-10-26(31)18-22-35(40)46)39(28-12-4-3-5-13-28)30-17-21-34(38(25-30)49-2)43-45-41-32-15-9-7-11-27(32)19-23-36(41)47/h3-25,39,42-43H,1-2H3/b44-40-,45-41-. The Bertz CT molecular complexity index is 2060. The maximum atomic E-state index is 12.7. The van der Waals surface area contributed by atoms with E-state index in [-0.39, 0.29) is 17.5 Å². The summed E-state index contributed by atoms with van der Waals surface area (Å²) in [6, 6.07) is 37.3. The van der Waals surface area contributed by atoms with Crippen LogP contribution in [-0.4, -0.2) is 37.2 Å². The van der Waals surface area contributed by atoms with E-state index in [1.807, 2.05) is 103 Å². The molecule has 0 heterocycles. The van der Waals surface area contributed by atoms with E-state index in [1.165, 1.54) is 12.2 Å². The highest BCUT2D eigenvalue weighted by Gasteiger charge is 2.23. The van der Waals surface area contributed by atoms with Crippen molar-refractivity contribution in [3.8, 4) is 11.5 Å². The van der Waals surface area contributed by atoms with E-state index < -0.39 is 0 Å². The zero-order chi connectivity index (χ0) is 33.7. The molecule has 5 aromatic rings. The van der Waals surface area contributed by atoms with Crippen LogP contribution in [0.4, 0.5) is 11.4 Å². The summed E-state index contributed by atoms with van der Waals surface area (Å²) in [5.41, 5.74) is 14.5. The van der Waals surface area contributed by atoms with Crippen LogP contribution < -0.4 is 20.3 Å². The lowest BCUT2D eigenvalue weighted by Gasteiger charge is -2.22. The molecule has 0 spiro atoms. The summed E-state index contributed by atoms with van der Waals surface area (Å²) in [7, 11) is 3.21. The summed E-state index contributed by atoms with van der Waals surface area (Å²) in [4.78, 5) is 25.4. The number of hydrogen-bond donors (Lipinski definition) is 2. The highest BCUT2D eigenvalue weighted by Crippen LogP contribution is 2.39. The zero-order valence-corrected chi connectivity index (χ0v) is 26.9. The number of hydrazone groups is 2. The van der Waals surface area contributed by atoms with Crippen molar-refractivity contribution in [3.05, 3.63) is 166 Å². The van der Waals surface area contributed by atoms with Gasteiger partial charge in [-0.3, -0.25) is 20.4 Å². The number of ether oxygens (including phenoxy) is 2. The fourth-order valence-electron chi connectivity index (χ4n) is 6.12. The number of hydrogen-bond acceptors (Lipinski definition) is 8. The monoisotopic (exact) mass is 644 g/mol. The Kier molecular flexibility index (Phi) is 8.67. The van der Waals surface area contributed by atoms with Gasteiger partial charge in [0, 0.05) is 17.0 Å². The molecule has 2 aliphatic carbocycles. The minimum Gasteiger partial charge on any atom is -0.495 e. The van der Waals surface area contributed by atoms with Crippen LogP contribution in [0.3, 0.4) is 0 Å². The van der Waals surface area contributed by atoms with Crippen molar-refractivity contribution in [2.45, 2.75) is 5.92 Å². The summed E-state index contributed by atoms with van der Waals surface area (Å²) in [5.74, 6) is 0.621. The first-order chi connectivity index (χ1) is 24.0. The Hall–Kier alpha value is -6.54. The van der Waals surface area contributed by atoms with Crippen LogP contribution in [0.15, 0.2) is 138 Å². The van der Waals surface area contributed by atoms with Crippen molar-refractivity contribution in [3.63, 3.8) is 0 Å². The number of fused-ring (bicyclic) bond motifs is 2. The molecule has 0 fully saturated rings. The van der Waals surface area contributed by atoms with Crippen LogP contribution in [0.2, 0.25) is 0 Å². The van der Waals surface area contributed by atoms with Crippen LogP contribution in [0.5, 0.6) is 11.5 Å². The molecule has 0 saturated heterocycles. The summed E-state index contributed by atoms with van der Waals surface area (Å²) in [5, 5.41) is 9.01. The van der Waals surface area contributed by atoms with Gasteiger partial charge in [0.2, 0.25) is 11.6 Å². The topological polar surface area (TPSA) is 101 Å². The summed E-state index contributed by atoms with van der Waals surface area (Å²) < 4.78 is 11.6. The lowest BCUT2D eigenvalue weighted by molar-refractivity contribution is -0.109. The van der Waals surface area contributed by atoms with Gasteiger partial charge in [-0.1, -0.05) is 103 Å². The third kappa shape index (κ3) is 6.27. The van der Waals surface area contributed by atoms with Gasteiger partial charge in [0.1, 0.15) is 22.9 Å². The predicted molar refractivity (Wildman–Crippen MR) is 195 cm³/mol. The summed E-state index contributed by atoms with van der Waals surface area (Å²) >= 11 is 0. The van der Waals surface area contributed by atoms with E-state index >= 15 is 0 Å². The average molecular weight is 645 g/mol. The maximum absolute atomic E-state index is 12.7. The molecule has 0 unspecified atom stereocenters. The number of nitrogens with zero attached hydrogens (tertiary/aromatic N) is 2. The number of benzene rings is 5. The lowest BCUT2D eigenvalue weighted by atomic mass is 9.84. The van der Waals surface area contributed by atoms with Gasteiger partial charge in [-0.2, -0.15) is 10.2 Å². The molecule has 0 aliphatic heterocycles. The minimum absolute atomic E-state index is 0.170. The SMILES string of the molecule is COc1cc(C(c2ccccc2)c2ccc(N/N=C3\C(=O)C=Cc4ccccc43)c(OC)c2)ccc1N/N=C1\C(=O)C=Cc2ccccc21. The second-order valence-electron chi connectivity index (χ2n) is 11.5. The molecular formula is C41H32N4O4. The molecule has 2 aliphatic rings. The van der Waals surface area contributed by atoms with E-state index in [1.54, 1.807) is 26.4 Å². The smallest absolute Gasteiger partial charge is 0.206 e. The minimum atomic E-state index is -0.182. The van der Waals surface area contributed by atoms with Crippen LogP contribution in [0.1, 0.15) is 44.9 Å². The normalized spacial score (nSPS) is 14.9. The number of rotatable bonds is 9. The number of nitrogens with one attached hydrogen (secondary N) is 2. The van der Waals surface area contributed by atoms with Gasteiger partial charge in [0.25, 0.3) is 0 Å². The molecule has 0 saturated carbocycles. The van der Waals surface area contributed by atoms with Crippen LogP contribution >= 0.6 is 0 Å². The number of anilines is 2. The molecule has 8 heteroatoms. The molecule has 0 aromatic heterocycles. The molecule has 5 aromatic carbocycles. The maximum Gasteiger partial charge on any atom is 0.206 e. The second kappa shape index (κ2) is 13.7. The lowest BCUT2D eigenvalue weighted by Crippen LogP contribution is -2.19. The van der Waals surface area contributed by atoms with Crippen molar-refractivity contribution in [1.82, 2.24) is 0 Å². The Labute approximate surface area is 284 Å². The van der Waals surface area contributed by atoms with E-state index in [0.29, 0.717) is 34.3 Å². The van der Waals surface area contributed by atoms with Gasteiger partial charge in [-0.15, -0.1) is 0 Å². The van der Waals surface area contributed by atoms with Crippen molar-refractivity contribution in [2.24, 2.45) is 10.2 Å². The summed E-state index contributed by atoms with van der Waals surface area (Å²) in [6.07, 6.45) is 6.66. The molecule has 2 N–H and O–H groups in total. The quantitative estimate of drug-likeness (QED) is 0.126. The van der Waals surface area contributed by atoms with Crippen molar-refractivity contribution in [1.29, 1.82) is 0 Å². The molecular weight excluding hydrogens is 612 g/mol. The Morgan fingerprint density at radius 3 is 1.43 bits per heavy atom. The van der Waals surface area contributed by atoms with Crippen molar-refractivity contribution in [2.75, 3.05) is 25.1 Å². The number of allylic oxidation sites excluding steroid dienone is 2. The van der Waals surface area contributed by atoms with Gasteiger partial charge in [0.15, 0.2) is 0 Å². The summed E-state index contributed by atoms with van der Waals surface area (Å²) in [6.45, 7) is 0. The first-order valence-corrected chi connectivity index (χ1v) is 15.8. The fraction of sp³-hybridized carbons (Fsp3) is 0.0732. The van der Waals surface area contributed by atoms with Gasteiger partial charge < -0.3 is 9.47 Å². The first-order valence-electron chi connectivity index (χ1n) is 15.8. The molecule has 240 valence electrons. The highest BCUT2D eigenvalue weighted by atomic mass is 16.5. The Balaban J connectivity index is 1.21. The molecule has 8 nitrogen and oxygen atoms in total. The fourth-order valence-corrected chi connectivity index (χ4v) is 6.12. The molecule has 0 radical (unpaired) electrons. The molecule has 0 amide bonds. The van der Waals surface area contributed by atoms with Gasteiger partial charge in [0.05, 0.1) is 25.6 Å². The van der Waals surface area contributed by atoms with E-state index in [4.69, 9.17) is 9.47 Å². The van der Waals surface area contributed by atoms with Crippen molar-refractivity contribution >= 4 is 46.5 Å². The molecule has 0 bridgehead atoms. The first kappa shape index (κ1) is 31.1. The van der Waals surface area contributed by atoms with Gasteiger partial charge in [-0.25, -0.2) is 0 Å². The molecule has 7 rings (SSSR count). The van der Waals surface area contributed by atoms with Crippen LogP contribution in [0, 0.1) is 0 Å². The highest BCUT2D eigenvalue weighted by molar-refractivity contribution is 6.52.